The van der Waals surface area contributed by atoms with Crippen LogP contribution in [-0.4, -0.2) is 0 Å². The molecule has 0 fully saturated rings. The van der Waals surface area contributed by atoms with Gasteiger partial charge in [0.05, 0.1) is 0 Å². The number of rotatable bonds is 4. The summed E-state index contributed by atoms with van der Waals surface area (Å²) >= 11 is 0. The van der Waals surface area contributed by atoms with Gasteiger partial charge in [-0.05, 0) is 30.0 Å². The van der Waals surface area contributed by atoms with Gasteiger partial charge < -0.3 is 0 Å². The second kappa shape index (κ2) is 9.65. The maximum atomic E-state index is 3.74. The van der Waals surface area contributed by atoms with Gasteiger partial charge in [0.1, 0.15) is 0 Å². The summed E-state index contributed by atoms with van der Waals surface area (Å²) in [6.45, 7) is 11.9. The van der Waals surface area contributed by atoms with Crippen LogP contribution in [-0.2, 0) is 6.42 Å². The number of allylic oxidation sites excluding steroid dienone is 5. The highest BCUT2D eigenvalue weighted by atomic mass is 14.0. The number of benzene rings is 1. The zero-order valence-corrected chi connectivity index (χ0v) is 11.5. The topological polar surface area (TPSA) is 0 Å². The van der Waals surface area contributed by atoms with Crippen molar-refractivity contribution in [2.24, 2.45) is 0 Å². The summed E-state index contributed by atoms with van der Waals surface area (Å²) in [5, 5.41) is 0. The zero-order valence-electron chi connectivity index (χ0n) is 11.5. The summed E-state index contributed by atoms with van der Waals surface area (Å²) in [5.74, 6) is 0. The summed E-state index contributed by atoms with van der Waals surface area (Å²) in [6.07, 6.45) is 9.10. The standard InChI is InChI=1S/C15H18.C2H6/c1-4-8-14(9-5-2)15-11-7-10-13(6-3)12-15;1-2/h4-5,7-12H,1,6H2,2-3H3;1-2H3/b9-5+,14-8+;. The number of hydrogen-bond acceptors (Lipinski definition) is 0. The highest BCUT2D eigenvalue weighted by molar-refractivity contribution is 5.75. The number of aryl methyl sites for hydroxylation is 1. The summed E-state index contributed by atoms with van der Waals surface area (Å²) in [7, 11) is 0. The Hall–Kier alpha value is -1.56. The summed E-state index contributed by atoms with van der Waals surface area (Å²) in [5.41, 5.74) is 3.84. The van der Waals surface area contributed by atoms with Gasteiger partial charge in [0.25, 0.3) is 0 Å². The average Bonchev–Trinajstić information content (AvgIpc) is 2.41. The van der Waals surface area contributed by atoms with E-state index in [0.717, 1.165) is 6.42 Å². The van der Waals surface area contributed by atoms with Gasteiger partial charge in [-0.1, -0.05) is 75.9 Å². The summed E-state index contributed by atoms with van der Waals surface area (Å²) in [4.78, 5) is 0. The molecule has 0 aliphatic heterocycles. The lowest BCUT2D eigenvalue weighted by molar-refractivity contribution is 1.14. The van der Waals surface area contributed by atoms with Crippen molar-refractivity contribution < 1.29 is 0 Å². The van der Waals surface area contributed by atoms with Gasteiger partial charge in [0, 0.05) is 0 Å². The highest BCUT2D eigenvalue weighted by Gasteiger charge is 1.97. The first-order chi connectivity index (χ1) is 8.31. The zero-order chi connectivity index (χ0) is 13.1. The molecule has 0 radical (unpaired) electrons. The fourth-order valence-electron chi connectivity index (χ4n) is 1.53. The molecule has 0 N–H and O–H groups in total. The van der Waals surface area contributed by atoms with Crippen molar-refractivity contribution in [3.05, 3.63) is 66.3 Å². The van der Waals surface area contributed by atoms with Crippen molar-refractivity contribution >= 4 is 5.57 Å². The molecule has 0 saturated heterocycles. The molecular weight excluding hydrogens is 204 g/mol. The summed E-state index contributed by atoms with van der Waals surface area (Å²) in [6, 6.07) is 8.63. The predicted molar refractivity (Wildman–Crippen MR) is 80.2 cm³/mol. The Morgan fingerprint density at radius 1 is 1.29 bits per heavy atom. The third-order valence-electron chi connectivity index (χ3n) is 2.31. The Labute approximate surface area is 106 Å². The van der Waals surface area contributed by atoms with Crippen LogP contribution in [0, 0.1) is 0 Å². The van der Waals surface area contributed by atoms with Crippen LogP contribution in [0.2, 0.25) is 0 Å². The van der Waals surface area contributed by atoms with Crippen molar-refractivity contribution in [2.45, 2.75) is 34.1 Å². The van der Waals surface area contributed by atoms with Gasteiger partial charge in [-0.15, -0.1) is 0 Å². The molecule has 0 unspecified atom stereocenters. The van der Waals surface area contributed by atoms with E-state index in [4.69, 9.17) is 0 Å². The van der Waals surface area contributed by atoms with Gasteiger partial charge in [-0.2, -0.15) is 0 Å². The Morgan fingerprint density at radius 3 is 2.53 bits per heavy atom. The molecule has 1 aromatic carbocycles. The van der Waals surface area contributed by atoms with Crippen molar-refractivity contribution in [2.75, 3.05) is 0 Å². The molecule has 0 nitrogen and oxygen atoms in total. The van der Waals surface area contributed by atoms with Crippen molar-refractivity contribution in [1.29, 1.82) is 0 Å². The molecule has 0 aliphatic carbocycles. The lowest BCUT2D eigenvalue weighted by Crippen LogP contribution is -1.85. The molecule has 17 heavy (non-hydrogen) atoms. The molecule has 0 saturated carbocycles. The molecular formula is C17H24. The second-order valence-corrected chi connectivity index (χ2v) is 3.41. The maximum Gasteiger partial charge on any atom is -0.0181 e. The summed E-state index contributed by atoms with van der Waals surface area (Å²) < 4.78 is 0. The van der Waals surface area contributed by atoms with Gasteiger partial charge in [0.15, 0.2) is 0 Å². The molecule has 0 heterocycles. The third kappa shape index (κ3) is 5.35. The molecule has 1 rings (SSSR count). The Bertz CT molecular complexity index is 381. The molecule has 0 bridgehead atoms. The molecule has 0 aromatic heterocycles. The largest absolute Gasteiger partial charge is 0.0990 e. The minimum absolute atomic E-state index is 1.07. The Balaban J connectivity index is 0.00000121. The lowest BCUT2D eigenvalue weighted by Gasteiger charge is -2.04. The van der Waals surface area contributed by atoms with Gasteiger partial charge in [0.2, 0.25) is 0 Å². The van der Waals surface area contributed by atoms with E-state index in [9.17, 15) is 0 Å². The Kier molecular flexibility index (Phi) is 8.77. The smallest absolute Gasteiger partial charge is 0.0181 e. The van der Waals surface area contributed by atoms with E-state index in [-0.39, 0.29) is 0 Å². The van der Waals surface area contributed by atoms with Crippen LogP contribution >= 0.6 is 0 Å². The molecule has 0 atom stereocenters. The van der Waals surface area contributed by atoms with Crippen LogP contribution in [0.3, 0.4) is 0 Å². The predicted octanol–water partition coefficient (Wildman–Crippen LogP) is 5.42. The monoisotopic (exact) mass is 228 g/mol. The third-order valence-corrected chi connectivity index (χ3v) is 2.31. The van der Waals surface area contributed by atoms with E-state index in [1.807, 2.05) is 39.0 Å². The van der Waals surface area contributed by atoms with Crippen molar-refractivity contribution in [3.63, 3.8) is 0 Å². The van der Waals surface area contributed by atoms with Gasteiger partial charge >= 0.3 is 0 Å². The first-order valence-electron chi connectivity index (χ1n) is 6.36. The van der Waals surface area contributed by atoms with Crippen LogP contribution in [0.15, 0.2) is 55.1 Å². The van der Waals surface area contributed by atoms with E-state index >= 15 is 0 Å². The van der Waals surface area contributed by atoms with Crippen LogP contribution < -0.4 is 0 Å². The minimum atomic E-state index is 1.07. The highest BCUT2D eigenvalue weighted by Crippen LogP contribution is 2.17. The van der Waals surface area contributed by atoms with Crippen LogP contribution in [0.25, 0.3) is 5.57 Å². The second-order valence-electron chi connectivity index (χ2n) is 3.41. The first kappa shape index (κ1) is 15.4. The maximum absolute atomic E-state index is 3.74. The van der Waals surface area contributed by atoms with E-state index < -0.39 is 0 Å². The van der Waals surface area contributed by atoms with E-state index in [0.29, 0.717) is 0 Å². The molecule has 1 aromatic rings. The van der Waals surface area contributed by atoms with Crippen molar-refractivity contribution in [1.82, 2.24) is 0 Å². The fourth-order valence-corrected chi connectivity index (χ4v) is 1.53. The van der Waals surface area contributed by atoms with Crippen LogP contribution in [0.1, 0.15) is 38.8 Å². The molecule has 0 amide bonds. The number of hydrogen-bond donors (Lipinski definition) is 0. The van der Waals surface area contributed by atoms with E-state index in [2.05, 4.69) is 43.8 Å². The van der Waals surface area contributed by atoms with E-state index in [1.54, 1.807) is 0 Å². The average molecular weight is 228 g/mol. The van der Waals surface area contributed by atoms with E-state index in [1.165, 1.54) is 16.7 Å². The molecule has 0 spiro atoms. The minimum Gasteiger partial charge on any atom is -0.0990 e. The van der Waals surface area contributed by atoms with Gasteiger partial charge in [-0.25, -0.2) is 0 Å². The van der Waals surface area contributed by atoms with Crippen LogP contribution in [0.5, 0.6) is 0 Å². The quantitative estimate of drug-likeness (QED) is 0.603. The van der Waals surface area contributed by atoms with Crippen LogP contribution in [0.4, 0.5) is 0 Å². The SMILES string of the molecule is C=C/C=C(\C=C\C)c1cccc(CC)c1.CC. The van der Waals surface area contributed by atoms with Gasteiger partial charge in [-0.3, -0.25) is 0 Å². The Morgan fingerprint density at radius 2 is 2.00 bits per heavy atom. The lowest BCUT2D eigenvalue weighted by atomic mass is 10.0. The molecule has 0 heteroatoms. The molecule has 92 valence electrons. The first-order valence-corrected chi connectivity index (χ1v) is 6.36. The normalized spacial score (nSPS) is 10.9. The van der Waals surface area contributed by atoms with Crippen molar-refractivity contribution in [3.8, 4) is 0 Å². The molecule has 0 aliphatic rings. The fraction of sp³-hybridized carbons (Fsp3) is 0.294.